The van der Waals surface area contributed by atoms with Gasteiger partial charge in [0.2, 0.25) is 0 Å². The standard InChI is InChI=1S/C17H26F2OS/c1-11(2)13-9-16(19)14(10-15(13)18)12(3)7-8-21(20)17(4,5)6/h9-12H,7-8H2,1-6H3/t12-,21?/m1/s1. The molecule has 1 unspecified atom stereocenters. The Balaban J connectivity index is 2.86. The van der Waals surface area contributed by atoms with Crippen LogP contribution in [0.2, 0.25) is 0 Å². The number of hydrogen-bond acceptors (Lipinski definition) is 1. The maximum Gasteiger partial charge on any atom is 0.127 e. The fraction of sp³-hybridized carbons (Fsp3) is 0.647. The summed E-state index contributed by atoms with van der Waals surface area (Å²) in [7, 11) is -0.972. The predicted octanol–water partition coefficient (Wildman–Crippen LogP) is 5.13. The van der Waals surface area contributed by atoms with Crippen molar-refractivity contribution in [2.45, 2.75) is 64.5 Å². The minimum absolute atomic E-state index is 0.0442. The Hall–Kier alpha value is -0.770. The van der Waals surface area contributed by atoms with Gasteiger partial charge in [-0.25, -0.2) is 8.78 Å². The van der Waals surface area contributed by atoms with Crippen molar-refractivity contribution >= 4 is 10.8 Å². The normalized spacial score (nSPS) is 15.3. The van der Waals surface area contributed by atoms with E-state index in [4.69, 9.17) is 0 Å². The van der Waals surface area contributed by atoms with Crippen molar-refractivity contribution in [2.24, 2.45) is 0 Å². The van der Waals surface area contributed by atoms with Crippen molar-refractivity contribution in [3.8, 4) is 0 Å². The summed E-state index contributed by atoms with van der Waals surface area (Å²) >= 11 is 0. The first-order chi connectivity index (χ1) is 9.54. The molecule has 1 aromatic carbocycles. The van der Waals surface area contributed by atoms with E-state index in [9.17, 15) is 13.0 Å². The SMILES string of the molecule is CC(C)c1cc(F)c([C@H](C)CCS(=O)C(C)(C)C)cc1F. The summed E-state index contributed by atoms with van der Waals surface area (Å²) in [6.45, 7) is 11.3. The molecule has 0 aliphatic heterocycles. The lowest BCUT2D eigenvalue weighted by Crippen LogP contribution is -2.24. The van der Waals surface area contributed by atoms with E-state index < -0.39 is 10.8 Å². The van der Waals surface area contributed by atoms with Gasteiger partial charge >= 0.3 is 0 Å². The summed E-state index contributed by atoms with van der Waals surface area (Å²) < 4.78 is 39.9. The van der Waals surface area contributed by atoms with Crippen LogP contribution >= 0.6 is 0 Å². The van der Waals surface area contributed by atoms with Crippen LogP contribution in [0, 0.1) is 11.6 Å². The van der Waals surface area contributed by atoms with Crippen LogP contribution in [0.3, 0.4) is 0 Å². The Bertz CT molecular complexity index is 518. The van der Waals surface area contributed by atoms with Gasteiger partial charge in [-0.1, -0.05) is 20.8 Å². The first kappa shape index (κ1) is 18.3. The second-order valence-corrected chi connectivity index (χ2v) is 9.23. The molecule has 120 valence electrons. The molecule has 2 atom stereocenters. The van der Waals surface area contributed by atoms with Gasteiger partial charge in [-0.3, -0.25) is 4.21 Å². The van der Waals surface area contributed by atoms with Crippen molar-refractivity contribution in [1.82, 2.24) is 0 Å². The van der Waals surface area contributed by atoms with E-state index in [-0.39, 0.29) is 28.2 Å². The van der Waals surface area contributed by atoms with E-state index in [1.165, 1.54) is 12.1 Å². The minimum atomic E-state index is -0.972. The first-order valence-electron chi connectivity index (χ1n) is 7.41. The lowest BCUT2D eigenvalue weighted by molar-refractivity contribution is 0.547. The molecule has 1 aromatic rings. The topological polar surface area (TPSA) is 17.1 Å². The molecule has 0 fully saturated rings. The van der Waals surface area contributed by atoms with Crippen LogP contribution < -0.4 is 0 Å². The molecule has 0 aliphatic rings. The van der Waals surface area contributed by atoms with E-state index in [2.05, 4.69) is 0 Å². The fourth-order valence-corrected chi connectivity index (χ4v) is 3.32. The maximum atomic E-state index is 14.2. The highest BCUT2D eigenvalue weighted by Crippen LogP contribution is 2.28. The Morgan fingerprint density at radius 2 is 1.52 bits per heavy atom. The first-order valence-corrected chi connectivity index (χ1v) is 8.73. The summed E-state index contributed by atoms with van der Waals surface area (Å²) in [4.78, 5) is 0. The molecule has 0 N–H and O–H groups in total. The zero-order valence-corrected chi connectivity index (χ0v) is 14.6. The average molecular weight is 316 g/mol. The Labute approximate surface area is 129 Å². The van der Waals surface area contributed by atoms with Gasteiger partial charge in [0.15, 0.2) is 0 Å². The Morgan fingerprint density at radius 1 is 1.05 bits per heavy atom. The monoisotopic (exact) mass is 316 g/mol. The van der Waals surface area contributed by atoms with Crippen molar-refractivity contribution < 1.29 is 13.0 Å². The van der Waals surface area contributed by atoms with Crippen molar-refractivity contribution in [3.63, 3.8) is 0 Å². The molecular weight excluding hydrogens is 290 g/mol. The number of benzene rings is 1. The molecule has 0 amide bonds. The van der Waals surface area contributed by atoms with E-state index in [1.807, 2.05) is 41.5 Å². The summed E-state index contributed by atoms with van der Waals surface area (Å²) in [5, 5.41) is 0. The molecule has 1 rings (SSSR count). The summed E-state index contributed by atoms with van der Waals surface area (Å²) in [5.41, 5.74) is 0.782. The van der Waals surface area contributed by atoms with Crippen LogP contribution in [0.1, 0.15) is 70.9 Å². The molecule has 0 bridgehead atoms. The van der Waals surface area contributed by atoms with Gasteiger partial charge in [0, 0.05) is 21.3 Å². The molecule has 0 aliphatic carbocycles. The van der Waals surface area contributed by atoms with Gasteiger partial charge in [-0.15, -0.1) is 0 Å². The molecule has 0 saturated heterocycles. The highest BCUT2D eigenvalue weighted by Gasteiger charge is 2.22. The van der Waals surface area contributed by atoms with Crippen LogP contribution in [0.4, 0.5) is 8.78 Å². The lowest BCUT2D eigenvalue weighted by Gasteiger charge is -2.20. The highest BCUT2D eigenvalue weighted by molar-refractivity contribution is 7.86. The van der Waals surface area contributed by atoms with E-state index in [1.54, 1.807) is 0 Å². The highest BCUT2D eigenvalue weighted by atomic mass is 32.2. The molecule has 4 heteroatoms. The molecule has 0 heterocycles. The summed E-state index contributed by atoms with van der Waals surface area (Å²) in [6.07, 6.45) is 0.585. The maximum absolute atomic E-state index is 14.2. The average Bonchev–Trinajstić information content (AvgIpc) is 2.36. The van der Waals surface area contributed by atoms with E-state index in [0.717, 1.165) is 0 Å². The van der Waals surface area contributed by atoms with Crippen molar-refractivity contribution in [3.05, 3.63) is 34.9 Å². The number of halogens is 2. The van der Waals surface area contributed by atoms with Crippen LogP contribution in [-0.2, 0) is 10.8 Å². The third kappa shape index (κ3) is 4.87. The predicted molar refractivity (Wildman–Crippen MR) is 86.2 cm³/mol. The fourth-order valence-electron chi connectivity index (χ4n) is 2.14. The van der Waals surface area contributed by atoms with Crippen LogP contribution in [0.15, 0.2) is 12.1 Å². The Kier molecular flexibility index (Phi) is 6.09. The molecule has 0 spiro atoms. The minimum Gasteiger partial charge on any atom is -0.259 e. The molecule has 0 radical (unpaired) electrons. The van der Waals surface area contributed by atoms with Gasteiger partial charge in [0.05, 0.1) is 0 Å². The second-order valence-electron chi connectivity index (χ2n) is 6.90. The van der Waals surface area contributed by atoms with Crippen LogP contribution in [0.5, 0.6) is 0 Å². The Morgan fingerprint density at radius 3 is 2.00 bits per heavy atom. The van der Waals surface area contributed by atoms with E-state index >= 15 is 0 Å². The zero-order chi connectivity index (χ0) is 16.4. The molecule has 21 heavy (non-hydrogen) atoms. The quantitative estimate of drug-likeness (QED) is 0.736. The van der Waals surface area contributed by atoms with Crippen molar-refractivity contribution in [2.75, 3.05) is 5.75 Å². The van der Waals surface area contributed by atoms with Gasteiger partial charge in [-0.05, 0) is 62.3 Å². The molecular formula is C17H26F2OS. The molecule has 1 nitrogen and oxygen atoms in total. The van der Waals surface area contributed by atoms with Crippen LogP contribution in [-0.4, -0.2) is 14.7 Å². The smallest absolute Gasteiger partial charge is 0.127 e. The third-order valence-corrected chi connectivity index (χ3v) is 5.66. The van der Waals surface area contributed by atoms with Gasteiger partial charge < -0.3 is 0 Å². The largest absolute Gasteiger partial charge is 0.259 e. The van der Waals surface area contributed by atoms with Gasteiger partial charge in [0.1, 0.15) is 11.6 Å². The third-order valence-electron chi connectivity index (χ3n) is 3.69. The zero-order valence-electron chi connectivity index (χ0n) is 13.8. The lowest BCUT2D eigenvalue weighted by atomic mass is 9.93. The van der Waals surface area contributed by atoms with Gasteiger partial charge in [0.25, 0.3) is 0 Å². The summed E-state index contributed by atoms with van der Waals surface area (Å²) in [5.74, 6) is -0.416. The summed E-state index contributed by atoms with van der Waals surface area (Å²) in [6, 6.07) is 2.60. The second kappa shape index (κ2) is 6.99. The molecule has 0 saturated carbocycles. The van der Waals surface area contributed by atoms with E-state index in [0.29, 0.717) is 23.3 Å². The van der Waals surface area contributed by atoms with Crippen LogP contribution in [0.25, 0.3) is 0 Å². The van der Waals surface area contributed by atoms with Gasteiger partial charge in [-0.2, -0.15) is 0 Å². The molecule has 0 aromatic heterocycles. The van der Waals surface area contributed by atoms with Crippen molar-refractivity contribution in [1.29, 1.82) is 0 Å². The number of rotatable bonds is 5. The number of hydrogen-bond donors (Lipinski definition) is 0.